The van der Waals surface area contributed by atoms with E-state index in [1.165, 1.54) is 6.42 Å². The van der Waals surface area contributed by atoms with Crippen molar-refractivity contribution in [3.8, 4) is 0 Å². The Morgan fingerprint density at radius 1 is 1.33 bits per heavy atom. The quantitative estimate of drug-likeness (QED) is 0.945. The van der Waals surface area contributed by atoms with E-state index in [2.05, 4.69) is 33.9 Å². The largest absolute Gasteiger partial charge is 0.341 e. The topological polar surface area (TPSA) is 61.9 Å². The highest BCUT2D eigenvalue weighted by molar-refractivity contribution is 7.09. The van der Waals surface area contributed by atoms with Crippen LogP contribution >= 0.6 is 11.3 Å². The third kappa shape index (κ3) is 3.32. The van der Waals surface area contributed by atoms with Crippen molar-refractivity contribution >= 4 is 17.3 Å². The Bertz CT molecular complexity index is 642. The van der Waals surface area contributed by atoms with Gasteiger partial charge in [-0.25, -0.2) is 0 Å². The number of aromatic amines is 1. The van der Waals surface area contributed by atoms with Crippen LogP contribution in [0.4, 0.5) is 5.95 Å². The zero-order chi connectivity index (χ0) is 14.8. The maximum absolute atomic E-state index is 12.2. The highest BCUT2D eigenvalue weighted by atomic mass is 32.1. The number of rotatable bonds is 3. The Balaban J connectivity index is 1.79. The van der Waals surface area contributed by atoms with E-state index in [0.717, 1.165) is 18.0 Å². The lowest BCUT2D eigenvalue weighted by molar-refractivity contribution is 0.352. The minimum atomic E-state index is -0.126. The maximum atomic E-state index is 12.2. The summed E-state index contributed by atoms with van der Waals surface area (Å²) in [5.41, 5.74) is 0.360. The molecule has 0 amide bonds. The molecular formula is C15H20N4OS. The summed E-state index contributed by atoms with van der Waals surface area (Å²) in [6, 6.07) is 3.99. The Morgan fingerprint density at radius 2 is 2.10 bits per heavy atom. The van der Waals surface area contributed by atoms with Crippen molar-refractivity contribution in [2.45, 2.75) is 26.7 Å². The average molecular weight is 304 g/mol. The van der Waals surface area contributed by atoms with Crippen LogP contribution in [0, 0.1) is 11.8 Å². The number of thiophene rings is 1. The van der Waals surface area contributed by atoms with Gasteiger partial charge in [0.25, 0.3) is 5.56 Å². The molecule has 21 heavy (non-hydrogen) atoms. The summed E-state index contributed by atoms with van der Waals surface area (Å²) in [5.74, 6) is 1.84. The fourth-order valence-corrected chi connectivity index (χ4v) is 3.73. The zero-order valence-corrected chi connectivity index (χ0v) is 13.2. The van der Waals surface area contributed by atoms with E-state index in [9.17, 15) is 4.79 Å². The SMILES string of the molecule is CC1CC(C)CN(c2nnc(Cc3cccs3)c(=O)[nH]2)C1. The second-order valence-electron chi connectivity index (χ2n) is 6.03. The van der Waals surface area contributed by atoms with Crippen molar-refractivity contribution in [2.75, 3.05) is 18.0 Å². The third-order valence-corrected chi connectivity index (χ3v) is 4.72. The lowest BCUT2D eigenvalue weighted by atomic mass is 9.92. The predicted molar refractivity (Wildman–Crippen MR) is 84.9 cm³/mol. The van der Waals surface area contributed by atoms with Crippen molar-refractivity contribution in [2.24, 2.45) is 11.8 Å². The van der Waals surface area contributed by atoms with E-state index in [4.69, 9.17) is 0 Å². The van der Waals surface area contributed by atoms with Gasteiger partial charge < -0.3 is 4.90 Å². The number of nitrogens with zero attached hydrogens (tertiary/aromatic N) is 3. The summed E-state index contributed by atoms with van der Waals surface area (Å²) in [4.78, 5) is 18.4. The number of piperidine rings is 1. The van der Waals surface area contributed by atoms with Crippen molar-refractivity contribution in [1.82, 2.24) is 15.2 Å². The number of H-pyrrole nitrogens is 1. The van der Waals surface area contributed by atoms with Gasteiger partial charge in [-0.3, -0.25) is 9.78 Å². The molecule has 2 aromatic heterocycles. The molecule has 0 saturated carbocycles. The summed E-state index contributed by atoms with van der Waals surface area (Å²) in [6.07, 6.45) is 1.78. The average Bonchev–Trinajstić information content (AvgIpc) is 2.93. The van der Waals surface area contributed by atoms with Gasteiger partial charge in [-0.05, 0) is 29.7 Å². The Hall–Kier alpha value is -1.69. The highest BCUT2D eigenvalue weighted by Crippen LogP contribution is 2.23. The molecule has 1 saturated heterocycles. The second-order valence-corrected chi connectivity index (χ2v) is 7.06. The van der Waals surface area contributed by atoms with Crippen molar-refractivity contribution < 1.29 is 0 Å². The molecule has 3 rings (SSSR count). The first-order valence-corrected chi connectivity index (χ1v) is 8.23. The lowest BCUT2D eigenvalue weighted by Crippen LogP contribution is -2.40. The fourth-order valence-electron chi connectivity index (χ4n) is 3.02. The van der Waals surface area contributed by atoms with Crippen LogP contribution in [-0.2, 0) is 6.42 Å². The van der Waals surface area contributed by atoms with E-state index in [0.29, 0.717) is 29.9 Å². The maximum Gasteiger partial charge on any atom is 0.274 e. The summed E-state index contributed by atoms with van der Waals surface area (Å²) < 4.78 is 0. The van der Waals surface area contributed by atoms with Gasteiger partial charge in [0.1, 0.15) is 5.69 Å². The molecule has 5 nitrogen and oxygen atoms in total. The van der Waals surface area contributed by atoms with Crippen LogP contribution in [0.1, 0.15) is 30.8 Å². The van der Waals surface area contributed by atoms with Gasteiger partial charge in [-0.1, -0.05) is 19.9 Å². The molecule has 2 unspecified atom stereocenters. The molecule has 0 aliphatic carbocycles. The Labute approximate surface area is 128 Å². The van der Waals surface area contributed by atoms with E-state index in [1.807, 2.05) is 17.5 Å². The van der Waals surface area contributed by atoms with Gasteiger partial charge in [0.05, 0.1) is 0 Å². The van der Waals surface area contributed by atoms with Gasteiger partial charge in [-0.15, -0.1) is 21.5 Å². The smallest absolute Gasteiger partial charge is 0.274 e. The molecule has 112 valence electrons. The van der Waals surface area contributed by atoms with Crippen molar-refractivity contribution in [1.29, 1.82) is 0 Å². The summed E-state index contributed by atoms with van der Waals surface area (Å²) in [6.45, 7) is 6.33. The van der Waals surface area contributed by atoms with Crippen LogP contribution < -0.4 is 10.5 Å². The van der Waals surface area contributed by atoms with E-state index >= 15 is 0 Å². The van der Waals surface area contributed by atoms with Gasteiger partial charge in [-0.2, -0.15) is 0 Å². The second kappa shape index (κ2) is 5.97. The van der Waals surface area contributed by atoms with E-state index in [-0.39, 0.29) is 5.56 Å². The van der Waals surface area contributed by atoms with Gasteiger partial charge in [0.2, 0.25) is 5.95 Å². The van der Waals surface area contributed by atoms with Crippen LogP contribution in [0.25, 0.3) is 0 Å². The molecule has 0 spiro atoms. The minimum Gasteiger partial charge on any atom is -0.341 e. The van der Waals surface area contributed by atoms with Crippen LogP contribution in [0.3, 0.4) is 0 Å². The number of hydrogen-bond donors (Lipinski definition) is 1. The molecule has 0 radical (unpaired) electrons. The molecule has 1 aliphatic heterocycles. The number of anilines is 1. The van der Waals surface area contributed by atoms with Crippen molar-refractivity contribution in [3.63, 3.8) is 0 Å². The molecule has 2 aromatic rings. The summed E-state index contributed by atoms with van der Waals surface area (Å²) in [5, 5.41) is 10.4. The van der Waals surface area contributed by atoms with Gasteiger partial charge in [0.15, 0.2) is 0 Å². The third-order valence-electron chi connectivity index (χ3n) is 3.84. The van der Waals surface area contributed by atoms with Crippen LogP contribution in [0.15, 0.2) is 22.3 Å². The highest BCUT2D eigenvalue weighted by Gasteiger charge is 2.23. The Morgan fingerprint density at radius 3 is 2.71 bits per heavy atom. The first-order valence-electron chi connectivity index (χ1n) is 7.35. The first kappa shape index (κ1) is 14.3. The monoisotopic (exact) mass is 304 g/mol. The molecule has 2 atom stereocenters. The molecule has 1 N–H and O–H groups in total. The van der Waals surface area contributed by atoms with Crippen LogP contribution in [-0.4, -0.2) is 28.3 Å². The van der Waals surface area contributed by atoms with Gasteiger partial charge >= 0.3 is 0 Å². The van der Waals surface area contributed by atoms with Crippen molar-refractivity contribution in [3.05, 3.63) is 38.4 Å². The van der Waals surface area contributed by atoms with E-state index < -0.39 is 0 Å². The molecule has 1 fully saturated rings. The Kier molecular flexibility index (Phi) is 4.05. The summed E-state index contributed by atoms with van der Waals surface area (Å²) in [7, 11) is 0. The molecule has 0 bridgehead atoms. The number of aromatic nitrogens is 3. The molecule has 6 heteroatoms. The molecule has 1 aliphatic rings. The summed E-state index contributed by atoms with van der Waals surface area (Å²) >= 11 is 1.63. The van der Waals surface area contributed by atoms with E-state index in [1.54, 1.807) is 11.3 Å². The molecule has 0 aromatic carbocycles. The number of hydrogen-bond acceptors (Lipinski definition) is 5. The molecular weight excluding hydrogens is 284 g/mol. The van der Waals surface area contributed by atoms with Crippen LogP contribution in [0.2, 0.25) is 0 Å². The van der Waals surface area contributed by atoms with Crippen LogP contribution in [0.5, 0.6) is 0 Å². The minimum absolute atomic E-state index is 0.126. The number of nitrogens with one attached hydrogen (secondary N) is 1. The van der Waals surface area contributed by atoms with Gasteiger partial charge in [0, 0.05) is 24.4 Å². The standard InChI is InChI=1S/C15H20N4OS/c1-10-6-11(2)9-19(8-10)15-16-14(20)13(17-18-15)7-12-4-3-5-21-12/h3-5,10-11H,6-9H2,1-2H3,(H,16,18,20). The molecule has 3 heterocycles. The first-order chi connectivity index (χ1) is 10.1. The normalized spacial score (nSPS) is 22.5. The zero-order valence-electron chi connectivity index (χ0n) is 12.4. The predicted octanol–water partition coefficient (Wildman–Crippen LogP) is 2.30. The fraction of sp³-hybridized carbons (Fsp3) is 0.533. The lowest BCUT2D eigenvalue weighted by Gasteiger charge is -2.34.